The normalized spacial score (nSPS) is 10.2. The van der Waals surface area contributed by atoms with Crippen LogP contribution in [-0.4, -0.2) is 5.11 Å². The molecule has 2 aromatic carbocycles. The van der Waals surface area contributed by atoms with Crippen LogP contribution in [0.1, 0.15) is 5.56 Å². The third-order valence-electron chi connectivity index (χ3n) is 2.12. The van der Waals surface area contributed by atoms with E-state index in [0.29, 0.717) is 5.75 Å². The van der Waals surface area contributed by atoms with E-state index in [9.17, 15) is 5.11 Å². The molecule has 0 unspecified atom stereocenters. The van der Waals surface area contributed by atoms with Crippen molar-refractivity contribution in [3.05, 3.63) is 48.5 Å². The van der Waals surface area contributed by atoms with Gasteiger partial charge in [0.2, 0.25) is 0 Å². The second kappa shape index (κ2) is 2.94. The molecular formula is C12H10O. The minimum Gasteiger partial charge on any atom is -0.507 e. The van der Waals surface area contributed by atoms with Crippen molar-refractivity contribution >= 4 is 16.8 Å². The molecule has 0 fully saturated rings. The highest BCUT2D eigenvalue weighted by atomic mass is 16.3. The molecule has 0 radical (unpaired) electrons. The smallest absolute Gasteiger partial charge is 0.123 e. The summed E-state index contributed by atoms with van der Waals surface area (Å²) in [7, 11) is 0. The van der Waals surface area contributed by atoms with E-state index >= 15 is 0 Å². The van der Waals surface area contributed by atoms with Gasteiger partial charge in [0.05, 0.1) is 0 Å². The van der Waals surface area contributed by atoms with Crippen LogP contribution in [-0.2, 0) is 0 Å². The lowest BCUT2D eigenvalue weighted by molar-refractivity contribution is 0.481. The van der Waals surface area contributed by atoms with Crippen LogP contribution in [0.2, 0.25) is 0 Å². The summed E-state index contributed by atoms with van der Waals surface area (Å²) in [4.78, 5) is 0. The van der Waals surface area contributed by atoms with Gasteiger partial charge in [-0.15, -0.1) is 0 Å². The predicted octanol–water partition coefficient (Wildman–Crippen LogP) is 3.19. The van der Waals surface area contributed by atoms with E-state index in [4.69, 9.17) is 0 Å². The standard InChI is InChI=1S/C12H10O/c1-2-9-6-7-10-4-3-5-12(13)11(10)8-9/h2-8,13H,1H2. The molecule has 13 heavy (non-hydrogen) atoms. The average molecular weight is 170 g/mol. The molecule has 0 spiro atoms. The largest absolute Gasteiger partial charge is 0.507 e. The van der Waals surface area contributed by atoms with Crippen molar-refractivity contribution in [1.29, 1.82) is 0 Å². The third kappa shape index (κ3) is 1.29. The molecule has 0 saturated heterocycles. The van der Waals surface area contributed by atoms with Crippen molar-refractivity contribution in [1.82, 2.24) is 0 Å². The van der Waals surface area contributed by atoms with E-state index in [0.717, 1.165) is 16.3 Å². The molecule has 1 N–H and O–H groups in total. The van der Waals surface area contributed by atoms with Gasteiger partial charge in [-0.05, 0) is 23.1 Å². The Morgan fingerprint density at radius 3 is 2.77 bits per heavy atom. The zero-order chi connectivity index (χ0) is 9.26. The zero-order valence-electron chi connectivity index (χ0n) is 7.20. The Bertz CT molecular complexity index is 458. The summed E-state index contributed by atoms with van der Waals surface area (Å²) < 4.78 is 0. The van der Waals surface area contributed by atoms with Gasteiger partial charge < -0.3 is 5.11 Å². The molecule has 64 valence electrons. The second-order valence-corrected chi connectivity index (χ2v) is 2.96. The Morgan fingerprint density at radius 2 is 2.00 bits per heavy atom. The van der Waals surface area contributed by atoms with Gasteiger partial charge in [0.1, 0.15) is 5.75 Å². The Hall–Kier alpha value is -1.76. The van der Waals surface area contributed by atoms with Gasteiger partial charge in [0.25, 0.3) is 0 Å². The van der Waals surface area contributed by atoms with Crippen LogP contribution < -0.4 is 0 Å². The molecule has 1 heteroatoms. The summed E-state index contributed by atoms with van der Waals surface area (Å²) in [6.45, 7) is 3.69. The summed E-state index contributed by atoms with van der Waals surface area (Å²) in [5, 5.41) is 11.5. The Morgan fingerprint density at radius 1 is 1.15 bits per heavy atom. The van der Waals surface area contributed by atoms with E-state index in [1.807, 2.05) is 30.3 Å². The summed E-state index contributed by atoms with van der Waals surface area (Å²) in [6.07, 6.45) is 1.77. The Kier molecular flexibility index (Phi) is 1.78. The SMILES string of the molecule is C=Cc1ccc2cccc(O)c2c1. The molecule has 1 nitrogen and oxygen atoms in total. The summed E-state index contributed by atoms with van der Waals surface area (Å²) in [6, 6.07) is 11.4. The maximum atomic E-state index is 9.56. The lowest BCUT2D eigenvalue weighted by atomic mass is 10.1. The van der Waals surface area contributed by atoms with Crippen LogP contribution in [0, 0.1) is 0 Å². The monoisotopic (exact) mass is 170 g/mol. The zero-order valence-corrected chi connectivity index (χ0v) is 7.20. The molecular weight excluding hydrogens is 160 g/mol. The van der Waals surface area contributed by atoms with Crippen molar-refractivity contribution in [2.75, 3.05) is 0 Å². The highest BCUT2D eigenvalue weighted by molar-refractivity contribution is 5.89. The van der Waals surface area contributed by atoms with Crippen molar-refractivity contribution in [3.63, 3.8) is 0 Å². The number of hydrogen-bond donors (Lipinski definition) is 1. The van der Waals surface area contributed by atoms with E-state index in [1.54, 1.807) is 12.1 Å². The van der Waals surface area contributed by atoms with Crippen LogP contribution in [0.5, 0.6) is 5.75 Å². The predicted molar refractivity (Wildman–Crippen MR) is 55.7 cm³/mol. The van der Waals surface area contributed by atoms with Crippen LogP contribution in [0.4, 0.5) is 0 Å². The first-order valence-corrected chi connectivity index (χ1v) is 4.15. The van der Waals surface area contributed by atoms with Crippen molar-refractivity contribution in [3.8, 4) is 5.75 Å². The molecule has 0 atom stereocenters. The topological polar surface area (TPSA) is 20.2 Å². The molecule has 0 saturated carbocycles. The van der Waals surface area contributed by atoms with Crippen molar-refractivity contribution in [2.24, 2.45) is 0 Å². The third-order valence-corrected chi connectivity index (χ3v) is 2.12. The molecule has 0 heterocycles. The minimum absolute atomic E-state index is 0.321. The Balaban J connectivity index is 2.81. The first-order valence-electron chi connectivity index (χ1n) is 4.15. The van der Waals surface area contributed by atoms with Crippen LogP contribution in [0.15, 0.2) is 43.0 Å². The molecule has 2 rings (SSSR count). The number of phenols is 1. The number of aromatic hydroxyl groups is 1. The number of fused-ring (bicyclic) bond motifs is 1. The van der Waals surface area contributed by atoms with Gasteiger partial charge in [-0.1, -0.05) is 36.9 Å². The number of benzene rings is 2. The van der Waals surface area contributed by atoms with Crippen LogP contribution >= 0.6 is 0 Å². The van der Waals surface area contributed by atoms with Gasteiger partial charge >= 0.3 is 0 Å². The maximum absolute atomic E-state index is 9.56. The first kappa shape index (κ1) is 7.87. The van der Waals surface area contributed by atoms with Crippen molar-refractivity contribution in [2.45, 2.75) is 0 Å². The molecule has 0 amide bonds. The molecule has 0 aromatic heterocycles. The summed E-state index contributed by atoms with van der Waals surface area (Å²) in [5.41, 5.74) is 1.02. The lowest BCUT2D eigenvalue weighted by Crippen LogP contribution is -1.75. The quantitative estimate of drug-likeness (QED) is 0.696. The molecule has 0 aliphatic carbocycles. The maximum Gasteiger partial charge on any atom is 0.123 e. The Labute approximate surface area is 76.9 Å². The van der Waals surface area contributed by atoms with E-state index in [1.165, 1.54) is 0 Å². The molecule has 2 aromatic rings. The fourth-order valence-corrected chi connectivity index (χ4v) is 1.40. The number of rotatable bonds is 1. The van der Waals surface area contributed by atoms with Crippen molar-refractivity contribution < 1.29 is 5.11 Å². The molecule has 0 aliphatic rings. The second-order valence-electron chi connectivity index (χ2n) is 2.96. The minimum atomic E-state index is 0.321. The molecule has 0 bridgehead atoms. The van der Waals surface area contributed by atoms with Crippen LogP contribution in [0.3, 0.4) is 0 Å². The van der Waals surface area contributed by atoms with E-state index in [-0.39, 0.29) is 0 Å². The van der Waals surface area contributed by atoms with Gasteiger partial charge in [-0.2, -0.15) is 0 Å². The number of hydrogen-bond acceptors (Lipinski definition) is 1. The van der Waals surface area contributed by atoms with Gasteiger partial charge in [0.15, 0.2) is 0 Å². The fraction of sp³-hybridized carbons (Fsp3) is 0. The van der Waals surface area contributed by atoms with Gasteiger partial charge in [0, 0.05) is 5.39 Å². The van der Waals surface area contributed by atoms with Gasteiger partial charge in [-0.3, -0.25) is 0 Å². The van der Waals surface area contributed by atoms with Crippen LogP contribution in [0.25, 0.3) is 16.8 Å². The van der Waals surface area contributed by atoms with E-state index in [2.05, 4.69) is 6.58 Å². The van der Waals surface area contributed by atoms with Gasteiger partial charge in [-0.25, -0.2) is 0 Å². The highest BCUT2D eigenvalue weighted by Crippen LogP contribution is 2.25. The lowest BCUT2D eigenvalue weighted by Gasteiger charge is -2.01. The first-order chi connectivity index (χ1) is 6.31. The fourth-order valence-electron chi connectivity index (χ4n) is 1.40. The molecule has 0 aliphatic heterocycles. The van der Waals surface area contributed by atoms with E-state index < -0.39 is 0 Å². The number of phenolic OH excluding ortho intramolecular Hbond substituents is 1. The summed E-state index contributed by atoms with van der Waals surface area (Å²) in [5.74, 6) is 0.321. The highest BCUT2D eigenvalue weighted by Gasteiger charge is 1.98. The summed E-state index contributed by atoms with van der Waals surface area (Å²) >= 11 is 0. The average Bonchev–Trinajstić information content (AvgIpc) is 2.18.